The van der Waals surface area contributed by atoms with Crippen molar-refractivity contribution in [1.82, 2.24) is 0 Å². The lowest BCUT2D eigenvalue weighted by atomic mass is 9.71. The molecule has 0 unspecified atom stereocenters. The Bertz CT molecular complexity index is 1080. The van der Waals surface area contributed by atoms with Gasteiger partial charge in [-0.15, -0.1) is 0 Å². The molecule has 0 aromatic heterocycles. The summed E-state index contributed by atoms with van der Waals surface area (Å²) in [6.07, 6.45) is -1.78. The van der Waals surface area contributed by atoms with Gasteiger partial charge in [-0.3, -0.25) is 4.79 Å². The molecule has 41 heavy (non-hydrogen) atoms. The molecule has 6 nitrogen and oxygen atoms in total. The Morgan fingerprint density at radius 3 is 1.93 bits per heavy atom. The maximum atomic E-state index is 14.3. The number of hydrogen-bond acceptors (Lipinski definition) is 6. The zero-order valence-corrected chi connectivity index (χ0v) is 26.9. The highest BCUT2D eigenvalue weighted by atomic mass is 28.4. The zero-order chi connectivity index (χ0) is 29.8. The lowest BCUT2D eigenvalue weighted by molar-refractivity contribution is -0.192. The van der Waals surface area contributed by atoms with E-state index in [2.05, 4.69) is 48.5 Å². The minimum atomic E-state index is -2.49. The SMILES string of the molecule is CCC[C@]12O[C@H](COCc3ccccc3)[C@H](C1=O)[C@H](O)[C@H](OCc1ccccc1)[C@H]2O[Si](C(C)C)(C(C)C)C(C)C. The quantitative estimate of drug-likeness (QED) is 0.246. The van der Waals surface area contributed by atoms with E-state index in [9.17, 15) is 9.90 Å². The molecule has 0 amide bonds. The average Bonchev–Trinajstić information content (AvgIpc) is 3.16. The van der Waals surface area contributed by atoms with E-state index >= 15 is 0 Å². The Morgan fingerprint density at radius 2 is 1.41 bits per heavy atom. The van der Waals surface area contributed by atoms with Crippen LogP contribution in [0.2, 0.25) is 16.6 Å². The minimum absolute atomic E-state index is 0.0658. The zero-order valence-electron chi connectivity index (χ0n) is 25.9. The monoisotopic (exact) mass is 582 g/mol. The summed E-state index contributed by atoms with van der Waals surface area (Å²) in [4.78, 5) is 14.3. The van der Waals surface area contributed by atoms with Crippen molar-refractivity contribution in [3.05, 3.63) is 71.8 Å². The van der Waals surface area contributed by atoms with Gasteiger partial charge in [0.15, 0.2) is 11.4 Å². The van der Waals surface area contributed by atoms with E-state index < -0.39 is 44.3 Å². The molecule has 1 saturated carbocycles. The number of carbonyl (C=O) groups is 1. The maximum absolute atomic E-state index is 14.3. The van der Waals surface area contributed by atoms with Crippen LogP contribution in [0.25, 0.3) is 0 Å². The summed E-state index contributed by atoms with van der Waals surface area (Å²) in [5, 5.41) is 11.9. The van der Waals surface area contributed by atoms with Crippen molar-refractivity contribution in [2.45, 2.75) is 121 Å². The highest BCUT2D eigenvalue weighted by molar-refractivity contribution is 6.77. The van der Waals surface area contributed by atoms with Crippen molar-refractivity contribution in [2.24, 2.45) is 5.92 Å². The number of Topliss-reactive ketones (excluding diaryl/α,β-unsaturated/α-hetero) is 1. The third kappa shape index (κ3) is 6.26. The predicted octanol–water partition coefficient (Wildman–Crippen LogP) is 6.85. The minimum Gasteiger partial charge on any atom is -0.407 e. The van der Waals surface area contributed by atoms with Crippen LogP contribution in [0.3, 0.4) is 0 Å². The van der Waals surface area contributed by atoms with Crippen LogP contribution < -0.4 is 0 Å². The summed E-state index contributed by atoms with van der Waals surface area (Å²) in [5.74, 6) is -0.796. The van der Waals surface area contributed by atoms with Gasteiger partial charge in [0.1, 0.15) is 12.2 Å². The lowest BCUT2D eigenvalue weighted by Gasteiger charge is -2.52. The molecular formula is C34H50O6Si. The summed E-state index contributed by atoms with van der Waals surface area (Å²) in [6, 6.07) is 19.9. The number of ether oxygens (including phenoxy) is 3. The first-order chi connectivity index (χ1) is 19.6. The van der Waals surface area contributed by atoms with Crippen LogP contribution >= 0.6 is 0 Å². The van der Waals surface area contributed by atoms with Crippen LogP contribution in [0.15, 0.2) is 60.7 Å². The molecule has 0 radical (unpaired) electrons. The standard InChI is InChI=1S/C34H50O6Si/c1-8-19-34-32(36)29(28(39-34)22-37-20-26-15-11-9-12-16-26)30(35)31(38-21-27-17-13-10-14-18-27)33(34)40-41(23(2)3,24(4)5)25(6)7/h9-18,23-25,28-31,33,35H,8,19-22H2,1-7H3/t28-,29+,30+,31+,33-,34+/m1/s1. The third-order valence-corrected chi connectivity index (χ3v) is 15.4. The fourth-order valence-corrected chi connectivity index (χ4v) is 13.1. The van der Waals surface area contributed by atoms with Gasteiger partial charge in [0, 0.05) is 0 Å². The maximum Gasteiger partial charge on any atom is 0.201 e. The first kappa shape index (κ1) is 32.0. The number of aliphatic hydroxyl groups is 1. The van der Waals surface area contributed by atoms with E-state index in [1.807, 2.05) is 60.7 Å². The molecule has 0 spiro atoms. The normalized spacial score (nSPS) is 28.3. The number of fused-ring (bicyclic) bond motifs is 2. The van der Waals surface area contributed by atoms with E-state index in [4.69, 9.17) is 18.6 Å². The second-order valence-corrected chi connectivity index (χ2v) is 18.2. The van der Waals surface area contributed by atoms with Gasteiger partial charge in [0.2, 0.25) is 8.32 Å². The van der Waals surface area contributed by atoms with Gasteiger partial charge in [-0.25, -0.2) is 0 Å². The molecule has 4 rings (SSSR count). The number of aliphatic hydroxyl groups excluding tert-OH is 1. The fraction of sp³-hybridized carbons (Fsp3) is 0.618. The van der Waals surface area contributed by atoms with Crippen molar-refractivity contribution in [2.75, 3.05) is 6.61 Å². The summed E-state index contributed by atoms with van der Waals surface area (Å²) in [5.41, 5.74) is 1.77. The molecule has 2 fully saturated rings. The molecule has 1 aliphatic heterocycles. The summed E-state index contributed by atoms with van der Waals surface area (Å²) >= 11 is 0. The van der Waals surface area contributed by atoms with E-state index in [-0.39, 0.29) is 12.4 Å². The highest BCUT2D eigenvalue weighted by Crippen LogP contribution is 2.52. The molecule has 1 saturated heterocycles. The van der Waals surface area contributed by atoms with Gasteiger partial charge < -0.3 is 23.7 Å². The van der Waals surface area contributed by atoms with Crippen molar-refractivity contribution < 1.29 is 28.5 Å². The molecule has 1 heterocycles. The van der Waals surface area contributed by atoms with Crippen LogP contribution in [0.4, 0.5) is 0 Å². The molecule has 6 atom stereocenters. The first-order valence-corrected chi connectivity index (χ1v) is 17.6. The van der Waals surface area contributed by atoms with Gasteiger partial charge in [-0.2, -0.15) is 0 Å². The van der Waals surface area contributed by atoms with E-state index in [1.54, 1.807) is 0 Å². The fourth-order valence-electron chi connectivity index (χ4n) is 7.53. The Balaban J connectivity index is 1.71. The molecule has 2 aromatic rings. The summed E-state index contributed by atoms with van der Waals surface area (Å²) < 4.78 is 26.8. The Kier molecular flexibility index (Phi) is 10.6. The summed E-state index contributed by atoms with van der Waals surface area (Å²) in [6.45, 7) is 16.4. The molecule has 2 aliphatic rings. The molecule has 7 heteroatoms. The topological polar surface area (TPSA) is 74.2 Å². The number of hydrogen-bond donors (Lipinski definition) is 1. The van der Waals surface area contributed by atoms with Gasteiger partial charge in [0.25, 0.3) is 0 Å². The van der Waals surface area contributed by atoms with Gasteiger partial charge >= 0.3 is 0 Å². The van der Waals surface area contributed by atoms with Gasteiger partial charge in [-0.05, 0) is 34.2 Å². The largest absolute Gasteiger partial charge is 0.407 e. The molecule has 2 bridgehead atoms. The Labute approximate surface area is 247 Å². The van der Waals surface area contributed by atoms with Crippen molar-refractivity contribution in [3.8, 4) is 0 Å². The molecule has 1 aliphatic carbocycles. The highest BCUT2D eigenvalue weighted by Gasteiger charge is 2.69. The molecule has 1 N–H and O–H groups in total. The van der Waals surface area contributed by atoms with E-state index in [1.165, 1.54) is 0 Å². The number of rotatable bonds is 14. The van der Waals surface area contributed by atoms with Crippen molar-refractivity contribution >= 4 is 14.1 Å². The number of benzene rings is 2. The van der Waals surface area contributed by atoms with Crippen LogP contribution in [0.1, 0.15) is 72.4 Å². The number of carbonyl (C=O) groups excluding carboxylic acids is 1. The van der Waals surface area contributed by atoms with Crippen LogP contribution in [0, 0.1) is 5.92 Å². The molecular weight excluding hydrogens is 532 g/mol. The van der Waals surface area contributed by atoms with E-state index in [0.29, 0.717) is 36.3 Å². The van der Waals surface area contributed by atoms with Crippen LogP contribution in [-0.2, 0) is 36.6 Å². The molecule has 226 valence electrons. The van der Waals surface area contributed by atoms with E-state index in [0.717, 1.165) is 17.5 Å². The average molecular weight is 583 g/mol. The third-order valence-electron chi connectivity index (χ3n) is 9.28. The van der Waals surface area contributed by atoms with Crippen LogP contribution in [0.5, 0.6) is 0 Å². The van der Waals surface area contributed by atoms with Gasteiger partial charge in [0.05, 0.1) is 37.9 Å². The van der Waals surface area contributed by atoms with Crippen molar-refractivity contribution in [3.63, 3.8) is 0 Å². The second-order valence-electron chi connectivity index (χ2n) is 12.8. The first-order valence-electron chi connectivity index (χ1n) is 15.4. The number of ketones is 1. The second kappa shape index (κ2) is 13.6. The smallest absolute Gasteiger partial charge is 0.201 e. The predicted molar refractivity (Wildman–Crippen MR) is 164 cm³/mol. The van der Waals surface area contributed by atoms with Gasteiger partial charge in [-0.1, -0.05) is 116 Å². The summed E-state index contributed by atoms with van der Waals surface area (Å²) in [7, 11) is -2.49. The lowest BCUT2D eigenvalue weighted by Crippen LogP contribution is -2.68. The molecule has 2 aromatic carbocycles. The Morgan fingerprint density at radius 1 is 0.878 bits per heavy atom. The van der Waals surface area contributed by atoms with Crippen molar-refractivity contribution in [1.29, 1.82) is 0 Å². The Hall–Kier alpha value is -1.87. The van der Waals surface area contributed by atoms with Crippen LogP contribution in [-0.4, -0.2) is 55.8 Å².